The molecular weight excluding hydrogens is 370 g/mol. The van der Waals surface area contributed by atoms with Crippen LogP contribution in [0.1, 0.15) is 33.6 Å². The van der Waals surface area contributed by atoms with Crippen molar-refractivity contribution >= 4 is 23.2 Å². The number of likely N-dealkylation sites (tertiary alicyclic amines) is 1. The molecule has 0 saturated carbocycles. The third-order valence-electron chi connectivity index (χ3n) is 5.41. The first kappa shape index (κ1) is 18.1. The SMILES string of the molecule is O=C(c1ccc(F)cc1F)N1CCC(C(=O)N2CCc3sccc3C2)CC1. The summed E-state index contributed by atoms with van der Waals surface area (Å²) in [5, 5.41) is 2.07. The Bertz CT molecular complexity index is 875. The average molecular weight is 390 g/mol. The molecule has 4 nitrogen and oxygen atoms in total. The average Bonchev–Trinajstić information content (AvgIpc) is 3.15. The molecule has 0 spiro atoms. The lowest BCUT2D eigenvalue weighted by molar-refractivity contribution is -0.137. The normalized spacial score (nSPS) is 17.7. The number of rotatable bonds is 2. The van der Waals surface area contributed by atoms with Gasteiger partial charge in [0.15, 0.2) is 0 Å². The van der Waals surface area contributed by atoms with Gasteiger partial charge >= 0.3 is 0 Å². The van der Waals surface area contributed by atoms with Crippen LogP contribution in [0.15, 0.2) is 29.6 Å². The van der Waals surface area contributed by atoms with E-state index < -0.39 is 17.5 Å². The molecule has 7 heteroatoms. The van der Waals surface area contributed by atoms with E-state index in [1.54, 1.807) is 16.2 Å². The number of piperidine rings is 1. The van der Waals surface area contributed by atoms with Crippen molar-refractivity contribution in [1.29, 1.82) is 0 Å². The van der Waals surface area contributed by atoms with Crippen LogP contribution in [0.3, 0.4) is 0 Å². The Morgan fingerprint density at radius 1 is 1.04 bits per heavy atom. The highest BCUT2D eigenvalue weighted by Gasteiger charge is 2.32. The van der Waals surface area contributed by atoms with E-state index in [4.69, 9.17) is 0 Å². The number of carbonyl (C=O) groups excluding carboxylic acids is 2. The van der Waals surface area contributed by atoms with Gasteiger partial charge in [-0.2, -0.15) is 0 Å². The summed E-state index contributed by atoms with van der Waals surface area (Å²) in [5.74, 6) is -1.96. The molecule has 27 heavy (non-hydrogen) atoms. The topological polar surface area (TPSA) is 40.6 Å². The van der Waals surface area contributed by atoms with Gasteiger partial charge in [-0.1, -0.05) is 0 Å². The molecule has 4 rings (SSSR count). The van der Waals surface area contributed by atoms with Crippen molar-refractivity contribution in [3.8, 4) is 0 Å². The summed E-state index contributed by atoms with van der Waals surface area (Å²) in [7, 11) is 0. The molecule has 0 unspecified atom stereocenters. The summed E-state index contributed by atoms with van der Waals surface area (Å²) < 4.78 is 26.9. The van der Waals surface area contributed by atoms with Crippen molar-refractivity contribution in [3.63, 3.8) is 0 Å². The number of nitrogens with zero attached hydrogens (tertiary/aromatic N) is 2. The van der Waals surface area contributed by atoms with Crippen LogP contribution in [0.4, 0.5) is 8.78 Å². The number of benzene rings is 1. The molecule has 1 fully saturated rings. The molecule has 2 aliphatic heterocycles. The highest BCUT2D eigenvalue weighted by atomic mass is 32.1. The molecule has 0 radical (unpaired) electrons. The maximum atomic E-state index is 13.9. The minimum atomic E-state index is -0.849. The van der Waals surface area contributed by atoms with Crippen LogP contribution in [0.5, 0.6) is 0 Å². The van der Waals surface area contributed by atoms with Gasteiger partial charge in [0.2, 0.25) is 5.91 Å². The van der Waals surface area contributed by atoms with Crippen LogP contribution in [-0.4, -0.2) is 41.2 Å². The van der Waals surface area contributed by atoms with E-state index in [9.17, 15) is 18.4 Å². The predicted molar refractivity (Wildman–Crippen MR) is 98.4 cm³/mol. The van der Waals surface area contributed by atoms with E-state index in [0.717, 1.165) is 25.1 Å². The number of carbonyl (C=O) groups is 2. The number of halogens is 2. The summed E-state index contributed by atoms with van der Waals surface area (Å²) in [6, 6.07) is 5.06. The van der Waals surface area contributed by atoms with Crippen molar-refractivity contribution in [2.75, 3.05) is 19.6 Å². The van der Waals surface area contributed by atoms with Crippen LogP contribution >= 0.6 is 11.3 Å². The smallest absolute Gasteiger partial charge is 0.256 e. The van der Waals surface area contributed by atoms with E-state index in [1.807, 2.05) is 4.90 Å². The van der Waals surface area contributed by atoms with Crippen LogP contribution in [0.25, 0.3) is 0 Å². The quantitative estimate of drug-likeness (QED) is 0.788. The van der Waals surface area contributed by atoms with E-state index in [0.29, 0.717) is 32.5 Å². The highest BCUT2D eigenvalue weighted by molar-refractivity contribution is 7.10. The van der Waals surface area contributed by atoms with Gasteiger partial charge in [0.1, 0.15) is 11.6 Å². The summed E-state index contributed by atoms with van der Waals surface area (Å²) in [5.41, 5.74) is 1.11. The van der Waals surface area contributed by atoms with Crippen molar-refractivity contribution in [3.05, 3.63) is 57.3 Å². The first-order valence-corrected chi connectivity index (χ1v) is 9.99. The number of hydrogen-bond acceptors (Lipinski definition) is 3. The Morgan fingerprint density at radius 2 is 1.81 bits per heavy atom. The molecule has 0 bridgehead atoms. The van der Waals surface area contributed by atoms with Crippen molar-refractivity contribution in [2.24, 2.45) is 5.92 Å². The molecule has 0 atom stereocenters. The van der Waals surface area contributed by atoms with E-state index in [1.165, 1.54) is 16.5 Å². The fourth-order valence-corrected chi connectivity index (χ4v) is 4.75. The lowest BCUT2D eigenvalue weighted by Gasteiger charge is -2.35. The van der Waals surface area contributed by atoms with Crippen molar-refractivity contribution in [2.45, 2.75) is 25.8 Å². The number of amides is 2. The third-order valence-corrected chi connectivity index (χ3v) is 6.44. The first-order chi connectivity index (χ1) is 13.0. The highest BCUT2D eigenvalue weighted by Crippen LogP contribution is 2.28. The van der Waals surface area contributed by atoms with Gasteiger partial charge in [0.05, 0.1) is 5.56 Å². The number of thiophene rings is 1. The van der Waals surface area contributed by atoms with Gasteiger partial charge < -0.3 is 9.80 Å². The molecule has 2 aliphatic rings. The number of hydrogen-bond donors (Lipinski definition) is 0. The molecule has 2 aromatic rings. The predicted octanol–water partition coefficient (Wildman–Crippen LogP) is 3.46. The molecule has 2 amide bonds. The molecule has 0 N–H and O–H groups in total. The largest absolute Gasteiger partial charge is 0.339 e. The summed E-state index contributed by atoms with van der Waals surface area (Å²) >= 11 is 1.74. The van der Waals surface area contributed by atoms with Crippen LogP contribution in [0.2, 0.25) is 0 Å². The fourth-order valence-electron chi connectivity index (χ4n) is 3.86. The second-order valence-corrected chi connectivity index (χ2v) is 8.07. The molecular formula is C20H20F2N2O2S. The second kappa shape index (κ2) is 7.38. The van der Waals surface area contributed by atoms with Gasteiger partial charge in [-0.05, 0) is 48.4 Å². The molecule has 3 heterocycles. The zero-order valence-corrected chi connectivity index (χ0v) is 15.6. The van der Waals surface area contributed by atoms with Gasteiger partial charge in [0, 0.05) is 43.0 Å². The monoisotopic (exact) mass is 390 g/mol. The van der Waals surface area contributed by atoms with Gasteiger partial charge in [0.25, 0.3) is 5.91 Å². The Hall–Kier alpha value is -2.28. The third kappa shape index (κ3) is 3.60. The van der Waals surface area contributed by atoms with Gasteiger partial charge in [-0.15, -0.1) is 11.3 Å². The van der Waals surface area contributed by atoms with E-state index in [2.05, 4.69) is 11.4 Å². The van der Waals surface area contributed by atoms with Gasteiger partial charge in [-0.3, -0.25) is 9.59 Å². The second-order valence-electron chi connectivity index (χ2n) is 7.07. The zero-order chi connectivity index (χ0) is 19.0. The van der Waals surface area contributed by atoms with Crippen molar-refractivity contribution < 1.29 is 18.4 Å². The number of fused-ring (bicyclic) bond motifs is 1. The Kier molecular flexibility index (Phi) is 4.95. The molecule has 142 valence electrons. The molecule has 1 saturated heterocycles. The lowest BCUT2D eigenvalue weighted by atomic mass is 9.94. The van der Waals surface area contributed by atoms with E-state index >= 15 is 0 Å². The van der Waals surface area contributed by atoms with E-state index in [-0.39, 0.29) is 17.4 Å². The minimum Gasteiger partial charge on any atom is -0.339 e. The van der Waals surface area contributed by atoms with Crippen LogP contribution < -0.4 is 0 Å². The molecule has 1 aromatic carbocycles. The summed E-state index contributed by atoms with van der Waals surface area (Å²) in [6.45, 7) is 2.22. The summed E-state index contributed by atoms with van der Waals surface area (Å²) in [4.78, 5) is 30.2. The van der Waals surface area contributed by atoms with Crippen molar-refractivity contribution in [1.82, 2.24) is 9.80 Å². The lowest BCUT2D eigenvalue weighted by Crippen LogP contribution is -2.45. The minimum absolute atomic E-state index is 0.104. The molecule has 0 aliphatic carbocycles. The zero-order valence-electron chi connectivity index (χ0n) is 14.8. The van der Waals surface area contributed by atoms with Crippen LogP contribution in [-0.2, 0) is 17.8 Å². The van der Waals surface area contributed by atoms with Gasteiger partial charge in [-0.25, -0.2) is 8.78 Å². The summed E-state index contributed by atoms with van der Waals surface area (Å²) in [6.07, 6.45) is 2.04. The fraction of sp³-hybridized carbons (Fsp3) is 0.400. The standard InChI is InChI=1S/C20H20F2N2O2S/c21-15-1-2-16(17(22)11-15)20(26)23-7-3-13(4-8-23)19(25)24-9-5-18-14(12-24)6-10-27-18/h1-2,6,10-11,13H,3-5,7-9,12H2. The molecule has 1 aromatic heterocycles. The maximum Gasteiger partial charge on any atom is 0.256 e. The Labute approximate surface area is 160 Å². The first-order valence-electron chi connectivity index (χ1n) is 9.11. The Balaban J connectivity index is 1.36. The van der Waals surface area contributed by atoms with Crippen LogP contribution in [0, 0.1) is 17.6 Å². The maximum absolute atomic E-state index is 13.9. The Morgan fingerprint density at radius 3 is 2.56 bits per heavy atom.